The van der Waals surface area contributed by atoms with E-state index in [9.17, 15) is 4.79 Å². The fraction of sp³-hybridized carbons (Fsp3) is 0.304. The fourth-order valence-electron chi connectivity index (χ4n) is 4.04. The molecule has 7 nitrogen and oxygen atoms in total. The molecule has 0 spiro atoms. The first-order valence-electron chi connectivity index (χ1n) is 10.4. The van der Waals surface area contributed by atoms with E-state index in [1.165, 1.54) is 0 Å². The zero-order chi connectivity index (χ0) is 22.7. The summed E-state index contributed by atoms with van der Waals surface area (Å²) in [6, 6.07) is 15.4. The van der Waals surface area contributed by atoms with Gasteiger partial charge in [0.2, 0.25) is 0 Å². The molecule has 0 bridgehead atoms. The number of hydrogen-bond donors (Lipinski definition) is 1. The summed E-state index contributed by atoms with van der Waals surface area (Å²) in [7, 11) is 1.61. The molecular weight excluding hydrogens is 494 g/mol. The van der Waals surface area contributed by atoms with Gasteiger partial charge in [-0.05, 0) is 28.1 Å². The molecule has 0 amide bonds. The summed E-state index contributed by atoms with van der Waals surface area (Å²) in [6.07, 6.45) is 1.00. The van der Waals surface area contributed by atoms with Crippen LogP contribution in [0.3, 0.4) is 0 Å². The monoisotopic (exact) mass is 517 g/mol. The third kappa shape index (κ3) is 4.62. The molecule has 2 aromatic carbocycles. The van der Waals surface area contributed by atoms with Crippen molar-refractivity contribution >= 4 is 45.3 Å². The summed E-state index contributed by atoms with van der Waals surface area (Å²) >= 11 is 9.71. The summed E-state index contributed by atoms with van der Waals surface area (Å²) in [5.41, 5.74) is 9.02. The Labute approximate surface area is 200 Å². The molecule has 2 heterocycles. The van der Waals surface area contributed by atoms with E-state index < -0.39 is 0 Å². The van der Waals surface area contributed by atoms with Crippen molar-refractivity contribution in [1.29, 1.82) is 0 Å². The van der Waals surface area contributed by atoms with Crippen LogP contribution in [0.4, 0.5) is 11.5 Å². The highest BCUT2D eigenvalue weighted by Gasteiger charge is 2.26. The molecule has 0 aliphatic carbocycles. The maximum absolute atomic E-state index is 12.1. The Bertz CT molecular complexity index is 1080. The molecule has 1 unspecified atom stereocenters. The van der Waals surface area contributed by atoms with Crippen molar-refractivity contribution in [3.8, 4) is 17.0 Å². The second-order valence-corrected chi connectivity index (χ2v) is 8.84. The van der Waals surface area contributed by atoms with Crippen LogP contribution in [0.25, 0.3) is 11.3 Å². The van der Waals surface area contributed by atoms with E-state index in [0.717, 1.165) is 53.9 Å². The van der Waals surface area contributed by atoms with Gasteiger partial charge < -0.3 is 20.2 Å². The molecular formula is C23H25BrClN5O2. The van der Waals surface area contributed by atoms with Gasteiger partial charge in [0, 0.05) is 43.5 Å². The van der Waals surface area contributed by atoms with Gasteiger partial charge in [-0.1, -0.05) is 41.9 Å². The average molecular weight is 519 g/mol. The fourth-order valence-corrected chi connectivity index (χ4v) is 4.75. The number of aldehydes is 1. The molecule has 1 fully saturated rings. The minimum Gasteiger partial charge on any atom is -0.495 e. The summed E-state index contributed by atoms with van der Waals surface area (Å²) in [4.78, 5) is 16.5. The van der Waals surface area contributed by atoms with E-state index in [-0.39, 0.29) is 6.04 Å². The maximum Gasteiger partial charge on any atom is 0.160 e. The lowest BCUT2D eigenvalue weighted by Gasteiger charge is -2.38. The molecule has 0 saturated carbocycles. The van der Waals surface area contributed by atoms with Crippen LogP contribution in [0.1, 0.15) is 0 Å². The number of rotatable bonds is 7. The van der Waals surface area contributed by atoms with Crippen molar-refractivity contribution in [2.75, 3.05) is 43.9 Å². The predicted molar refractivity (Wildman–Crippen MR) is 131 cm³/mol. The number of hydrogen-bond acceptors (Lipinski definition) is 6. The molecule has 1 atom stereocenters. The molecule has 1 aliphatic heterocycles. The highest BCUT2D eigenvalue weighted by Crippen LogP contribution is 2.33. The van der Waals surface area contributed by atoms with Crippen molar-refractivity contribution in [1.82, 2.24) is 14.7 Å². The van der Waals surface area contributed by atoms with Crippen LogP contribution in [-0.2, 0) is 11.3 Å². The number of anilines is 2. The lowest BCUT2D eigenvalue weighted by atomic mass is 10.1. The number of carbonyl (C=O) groups excluding carboxylic acids is 1. The molecule has 1 saturated heterocycles. The second-order valence-electron chi connectivity index (χ2n) is 7.64. The number of nitrogens with two attached hydrogens (primary N) is 1. The van der Waals surface area contributed by atoms with Gasteiger partial charge >= 0.3 is 0 Å². The van der Waals surface area contributed by atoms with Crippen LogP contribution >= 0.6 is 27.5 Å². The number of ether oxygens (including phenoxy) is 1. The molecule has 32 heavy (non-hydrogen) atoms. The van der Waals surface area contributed by atoms with Crippen LogP contribution in [-0.4, -0.2) is 60.3 Å². The Morgan fingerprint density at radius 2 is 1.91 bits per heavy atom. The van der Waals surface area contributed by atoms with E-state index in [2.05, 4.69) is 30.8 Å². The van der Waals surface area contributed by atoms with E-state index in [0.29, 0.717) is 23.1 Å². The number of halogens is 2. The lowest BCUT2D eigenvalue weighted by Crippen LogP contribution is -2.52. The number of aromatic nitrogens is 2. The number of benzene rings is 2. The standard InChI is InChI=1S/C23H25BrClN5O2/c1-32-20-13-17(7-8-19(20)25)28-9-11-29(12-10-28)18(15-31)14-30-22(21(24)23(26)27-30)16-5-3-2-4-6-16/h2-8,13,15,18H,9-12,14H2,1H3,(H2,26,27). The van der Waals surface area contributed by atoms with Crippen LogP contribution in [0.15, 0.2) is 53.0 Å². The quantitative estimate of drug-likeness (QED) is 0.478. The summed E-state index contributed by atoms with van der Waals surface area (Å²) in [6.45, 7) is 3.54. The summed E-state index contributed by atoms with van der Waals surface area (Å²) < 4.78 is 7.91. The van der Waals surface area contributed by atoms with E-state index in [1.807, 2.05) is 53.2 Å². The van der Waals surface area contributed by atoms with Crippen LogP contribution in [0, 0.1) is 0 Å². The van der Waals surface area contributed by atoms with Crippen molar-refractivity contribution in [2.45, 2.75) is 12.6 Å². The van der Waals surface area contributed by atoms with Gasteiger partial charge in [-0.15, -0.1) is 0 Å². The molecule has 168 valence electrons. The van der Waals surface area contributed by atoms with Crippen molar-refractivity contribution in [2.24, 2.45) is 0 Å². The minimum atomic E-state index is -0.300. The maximum atomic E-state index is 12.1. The number of nitrogens with zero attached hydrogens (tertiary/aromatic N) is 4. The number of carbonyl (C=O) groups is 1. The first-order valence-corrected chi connectivity index (χ1v) is 11.5. The van der Waals surface area contributed by atoms with Crippen LogP contribution in [0.5, 0.6) is 5.75 Å². The van der Waals surface area contributed by atoms with Crippen molar-refractivity contribution in [3.05, 3.63) is 58.0 Å². The van der Waals surface area contributed by atoms with Gasteiger partial charge in [-0.3, -0.25) is 9.58 Å². The molecule has 1 aliphatic rings. The van der Waals surface area contributed by atoms with Gasteiger partial charge in [0.05, 0.1) is 34.9 Å². The lowest BCUT2D eigenvalue weighted by molar-refractivity contribution is -0.113. The van der Waals surface area contributed by atoms with Gasteiger partial charge in [-0.2, -0.15) is 5.10 Å². The third-order valence-electron chi connectivity index (χ3n) is 5.77. The normalized spacial score (nSPS) is 15.5. The first kappa shape index (κ1) is 22.6. The van der Waals surface area contributed by atoms with Gasteiger partial charge in [0.15, 0.2) is 5.82 Å². The highest BCUT2D eigenvalue weighted by atomic mass is 79.9. The van der Waals surface area contributed by atoms with E-state index in [4.69, 9.17) is 22.1 Å². The molecule has 0 radical (unpaired) electrons. The second kappa shape index (κ2) is 9.94. The Morgan fingerprint density at radius 1 is 1.19 bits per heavy atom. The highest BCUT2D eigenvalue weighted by molar-refractivity contribution is 9.10. The van der Waals surface area contributed by atoms with E-state index >= 15 is 0 Å². The number of piperazine rings is 1. The minimum absolute atomic E-state index is 0.300. The van der Waals surface area contributed by atoms with E-state index in [1.54, 1.807) is 7.11 Å². The zero-order valence-corrected chi connectivity index (χ0v) is 20.1. The molecule has 9 heteroatoms. The number of nitrogen functional groups attached to an aromatic ring is 1. The molecule has 4 rings (SSSR count). The van der Waals surface area contributed by atoms with Crippen molar-refractivity contribution in [3.63, 3.8) is 0 Å². The smallest absolute Gasteiger partial charge is 0.160 e. The average Bonchev–Trinajstić information content (AvgIpc) is 3.11. The molecule has 1 aromatic heterocycles. The SMILES string of the molecule is COc1cc(N2CCN(C(C=O)Cn3nc(N)c(Br)c3-c3ccccc3)CC2)ccc1Cl. The predicted octanol–water partition coefficient (Wildman–Crippen LogP) is 3.95. The Hall–Kier alpha value is -2.55. The van der Waals surface area contributed by atoms with Gasteiger partial charge in [-0.25, -0.2) is 0 Å². The van der Waals surface area contributed by atoms with Crippen molar-refractivity contribution < 1.29 is 9.53 Å². The largest absolute Gasteiger partial charge is 0.495 e. The van der Waals surface area contributed by atoms with Gasteiger partial charge in [0.25, 0.3) is 0 Å². The Balaban J connectivity index is 1.48. The summed E-state index contributed by atoms with van der Waals surface area (Å²) in [5.74, 6) is 1.07. The topological polar surface area (TPSA) is 76.6 Å². The third-order valence-corrected chi connectivity index (χ3v) is 6.86. The molecule has 3 aromatic rings. The number of methoxy groups -OCH3 is 1. The Kier molecular flexibility index (Phi) is 7.03. The van der Waals surface area contributed by atoms with Gasteiger partial charge in [0.1, 0.15) is 12.0 Å². The van der Waals surface area contributed by atoms with Crippen LogP contribution < -0.4 is 15.4 Å². The van der Waals surface area contributed by atoms with Crippen LogP contribution in [0.2, 0.25) is 5.02 Å². The molecule has 2 N–H and O–H groups in total. The summed E-state index contributed by atoms with van der Waals surface area (Å²) in [5, 5.41) is 5.08. The Morgan fingerprint density at radius 3 is 2.56 bits per heavy atom. The zero-order valence-electron chi connectivity index (χ0n) is 17.7. The first-order chi connectivity index (χ1) is 15.5.